The molecule has 0 saturated carbocycles. The van der Waals surface area contributed by atoms with Gasteiger partial charge in [0.05, 0.1) is 33.2 Å². The van der Waals surface area contributed by atoms with E-state index in [9.17, 15) is 13.2 Å². The number of hydrogen-bond donors (Lipinski definition) is 0. The maximum Gasteiger partial charge on any atom is 0.260 e. The molecule has 4 aromatic rings. The van der Waals surface area contributed by atoms with Crippen LogP contribution in [0.5, 0.6) is 0 Å². The van der Waals surface area contributed by atoms with Gasteiger partial charge in [-0.2, -0.15) is 0 Å². The second-order valence-corrected chi connectivity index (χ2v) is 11.3. The first kappa shape index (κ1) is 22.2. The van der Waals surface area contributed by atoms with E-state index in [2.05, 4.69) is 18.0 Å². The van der Waals surface area contributed by atoms with Gasteiger partial charge < -0.3 is 4.42 Å². The molecule has 4 rings (SSSR count). The summed E-state index contributed by atoms with van der Waals surface area (Å²) in [7, 11) is -3.41. The number of aromatic nitrogens is 1. The fraction of sp³-hybridized carbons (Fsp3) is 0.250. The van der Waals surface area contributed by atoms with Crippen LogP contribution < -0.4 is 4.90 Å². The molecule has 0 radical (unpaired) electrons. The number of anilines is 1. The van der Waals surface area contributed by atoms with Crippen molar-refractivity contribution in [2.24, 2.45) is 0 Å². The number of rotatable bonds is 7. The highest BCUT2D eigenvalue weighted by Gasteiger charge is 2.24. The number of nitrogens with zero attached hydrogens (tertiary/aromatic N) is 2. The van der Waals surface area contributed by atoms with Crippen molar-refractivity contribution >= 4 is 42.4 Å². The third-order valence-corrected chi connectivity index (χ3v) is 8.48. The van der Waals surface area contributed by atoms with Gasteiger partial charge in [-0.05, 0) is 74.4 Å². The predicted octanol–water partition coefficient (Wildman–Crippen LogP) is 5.48. The smallest absolute Gasteiger partial charge is 0.260 e. The lowest BCUT2D eigenvalue weighted by atomic mass is 10.2. The molecular formula is C24H24N2O4S2. The van der Waals surface area contributed by atoms with Crippen LogP contribution in [0, 0.1) is 0 Å². The normalized spacial score (nSPS) is 11.9. The molecule has 0 spiro atoms. The van der Waals surface area contributed by atoms with Gasteiger partial charge in [-0.15, -0.1) is 0 Å². The summed E-state index contributed by atoms with van der Waals surface area (Å²) in [5.41, 5.74) is 2.42. The molecule has 0 aliphatic heterocycles. The van der Waals surface area contributed by atoms with E-state index in [0.29, 0.717) is 16.5 Å². The fourth-order valence-electron chi connectivity index (χ4n) is 3.29. The Morgan fingerprint density at radius 2 is 1.88 bits per heavy atom. The minimum atomic E-state index is -3.41. The number of carbonyl (C=O) groups is 1. The molecule has 8 heteroatoms. The van der Waals surface area contributed by atoms with Gasteiger partial charge in [-0.3, -0.25) is 9.69 Å². The second-order valence-electron chi connectivity index (χ2n) is 7.74. The molecule has 2 aromatic heterocycles. The maximum atomic E-state index is 13.5. The van der Waals surface area contributed by atoms with E-state index in [1.54, 1.807) is 49.3 Å². The Bertz CT molecular complexity index is 1340. The number of sulfone groups is 1. The number of thiazole rings is 1. The van der Waals surface area contributed by atoms with Crippen LogP contribution >= 0.6 is 11.3 Å². The minimum Gasteiger partial charge on any atom is -0.467 e. The molecule has 32 heavy (non-hydrogen) atoms. The van der Waals surface area contributed by atoms with E-state index in [-0.39, 0.29) is 17.3 Å². The van der Waals surface area contributed by atoms with Gasteiger partial charge in [0, 0.05) is 5.56 Å². The number of benzene rings is 2. The summed E-state index contributed by atoms with van der Waals surface area (Å²) >= 11 is 1.45. The number of carbonyl (C=O) groups excluding carboxylic acids is 1. The molecular weight excluding hydrogens is 444 g/mol. The Hall–Kier alpha value is -2.97. The number of aryl methyl sites for hydroxylation is 1. The van der Waals surface area contributed by atoms with Crippen LogP contribution in [0.15, 0.2) is 70.2 Å². The van der Waals surface area contributed by atoms with E-state index < -0.39 is 15.1 Å². The largest absolute Gasteiger partial charge is 0.467 e. The third-order valence-electron chi connectivity index (χ3n) is 5.27. The average Bonchev–Trinajstić information content (AvgIpc) is 3.45. The highest BCUT2D eigenvalue weighted by molar-refractivity contribution is 7.92. The predicted molar refractivity (Wildman–Crippen MR) is 127 cm³/mol. The van der Waals surface area contributed by atoms with Gasteiger partial charge in [-0.25, -0.2) is 13.4 Å². The Labute approximate surface area is 191 Å². The zero-order valence-corrected chi connectivity index (χ0v) is 19.7. The topological polar surface area (TPSA) is 80.5 Å². The molecule has 0 saturated heterocycles. The fourth-order valence-corrected chi connectivity index (χ4v) is 5.38. The number of amides is 1. The molecule has 0 unspecified atom stereocenters. The van der Waals surface area contributed by atoms with Crippen LogP contribution in [0.1, 0.15) is 42.5 Å². The third kappa shape index (κ3) is 4.33. The molecule has 2 heterocycles. The maximum absolute atomic E-state index is 13.5. The molecule has 1 amide bonds. The molecule has 0 aliphatic rings. The summed E-state index contributed by atoms with van der Waals surface area (Å²) in [4.78, 5) is 19.9. The molecule has 0 bridgehead atoms. The zero-order valence-electron chi connectivity index (χ0n) is 18.1. The van der Waals surface area contributed by atoms with Gasteiger partial charge in [0.25, 0.3) is 5.91 Å². The summed E-state index contributed by atoms with van der Waals surface area (Å²) < 4.78 is 31.3. The van der Waals surface area contributed by atoms with Gasteiger partial charge >= 0.3 is 0 Å². The highest BCUT2D eigenvalue weighted by atomic mass is 32.2. The van der Waals surface area contributed by atoms with Gasteiger partial charge in [0.2, 0.25) is 0 Å². The van der Waals surface area contributed by atoms with Crippen LogP contribution in [-0.2, 0) is 22.8 Å². The number of fused-ring (bicyclic) bond motifs is 1. The molecule has 6 nitrogen and oxygen atoms in total. The van der Waals surface area contributed by atoms with E-state index in [4.69, 9.17) is 4.42 Å². The molecule has 2 aromatic carbocycles. The van der Waals surface area contributed by atoms with E-state index in [1.165, 1.54) is 29.0 Å². The Morgan fingerprint density at radius 1 is 1.12 bits per heavy atom. The van der Waals surface area contributed by atoms with Gasteiger partial charge in [-0.1, -0.05) is 24.3 Å². The Kier molecular flexibility index (Phi) is 6.17. The average molecular weight is 469 g/mol. The van der Waals surface area contributed by atoms with Crippen molar-refractivity contribution in [3.63, 3.8) is 0 Å². The standard InChI is InChI=1S/C24H24N2O4S2/c1-4-17-7-12-21-22(14-17)31-24(25-21)26(15-19-6-5-13-30-19)23(27)18-8-10-20(11-9-18)32(28,29)16(2)3/h5-14,16H,4,15H2,1-3H3. The van der Waals surface area contributed by atoms with Crippen LogP contribution in [0.3, 0.4) is 0 Å². The van der Waals surface area contributed by atoms with E-state index >= 15 is 0 Å². The van der Waals surface area contributed by atoms with E-state index in [1.807, 2.05) is 12.1 Å². The molecule has 0 fully saturated rings. The molecule has 0 N–H and O–H groups in total. The van der Waals surface area contributed by atoms with Crippen molar-refractivity contribution in [2.45, 2.75) is 43.9 Å². The van der Waals surface area contributed by atoms with Gasteiger partial charge in [0.1, 0.15) is 5.76 Å². The van der Waals surface area contributed by atoms with Crippen molar-refractivity contribution < 1.29 is 17.6 Å². The summed E-state index contributed by atoms with van der Waals surface area (Å²) in [5.74, 6) is 0.357. The number of hydrogen-bond acceptors (Lipinski definition) is 6. The Balaban J connectivity index is 1.71. The lowest BCUT2D eigenvalue weighted by Gasteiger charge is -2.19. The first-order chi connectivity index (χ1) is 15.3. The first-order valence-electron chi connectivity index (χ1n) is 10.4. The molecule has 0 atom stereocenters. The van der Waals surface area contributed by atoms with Crippen molar-refractivity contribution in [1.29, 1.82) is 0 Å². The van der Waals surface area contributed by atoms with Crippen LogP contribution in [0.2, 0.25) is 0 Å². The van der Waals surface area contributed by atoms with Crippen molar-refractivity contribution in [3.8, 4) is 0 Å². The summed E-state index contributed by atoms with van der Waals surface area (Å²) in [6, 6.07) is 15.8. The summed E-state index contributed by atoms with van der Waals surface area (Å²) in [5, 5.41) is 0.0313. The van der Waals surface area contributed by atoms with Crippen LogP contribution in [0.25, 0.3) is 10.2 Å². The summed E-state index contributed by atoms with van der Waals surface area (Å²) in [6.07, 6.45) is 2.49. The number of furan rings is 1. The van der Waals surface area contributed by atoms with Crippen LogP contribution in [-0.4, -0.2) is 24.6 Å². The first-order valence-corrected chi connectivity index (χ1v) is 12.7. The Morgan fingerprint density at radius 3 is 2.50 bits per heavy atom. The van der Waals surface area contributed by atoms with Crippen LogP contribution in [0.4, 0.5) is 5.13 Å². The highest BCUT2D eigenvalue weighted by Crippen LogP contribution is 2.32. The van der Waals surface area contributed by atoms with Crippen molar-refractivity contribution in [2.75, 3.05) is 4.90 Å². The van der Waals surface area contributed by atoms with Gasteiger partial charge in [0.15, 0.2) is 15.0 Å². The monoisotopic (exact) mass is 468 g/mol. The van der Waals surface area contributed by atoms with Crippen molar-refractivity contribution in [1.82, 2.24) is 4.98 Å². The lowest BCUT2D eigenvalue weighted by Crippen LogP contribution is -2.30. The molecule has 166 valence electrons. The van der Waals surface area contributed by atoms with E-state index in [0.717, 1.165) is 16.6 Å². The SMILES string of the molecule is CCc1ccc2nc(N(Cc3ccco3)C(=O)c3ccc(S(=O)(=O)C(C)C)cc3)sc2c1. The second kappa shape index (κ2) is 8.88. The summed E-state index contributed by atoms with van der Waals surface area (Å²) in [6.45, 7) is 5.59. The molecule has 0 aliphatic carbocycles. The lowest BCUT2D eigenvalue weighted by molar-refractivity contribution is 0.0983. The van der Waals surface area contributed by atoms with Crippen molar-refractivity contribution in [3.05, 3.63) is 77.7 Å². The minimum absolute atomic E-state index is 0.203. The quantitative estimate of drug-likeness (QED) is 0.359. The zero-order chi connectivity index (χ0) is 22.9.